The maximum absolute atomic E-state index is 10.9. The molecule has 1 fully saturated rings. The van der Waals surface area contributed by atoms with Crippen molar-refractivity contribution in [3.63, 3.8) is 0 Å². The van der Waals surface area contributed by atoms with Gasteiger partial charge in [0, 0.05) is 11.1 Å². The molecule has 0 aliphatic heterocycles. The van der Waals surface area contributed by atoms with Gasteiger partial charge in [-0.05, 0) is 12.8 Å². The Labute approximate surface area is 79.2 Å². The van der Waals surface area contributed by atoms with E-state index in [1.807, 2.05) is 0 Å². The Hall–Kier alpha value is -1.10. The van der Waals surface area contributed by atoms with Gasteiger partial charge >= 0.3 is 5.97 Å². The van der Waals surface area contributed by atoms with E-state index in [4.69, 9.17) is 9.84 Å². The minimum atomic E-state index is -0.751. The largest absolute Gasteiger partial charge is 0.481 e. The second-order valence-corrected chi connectivity index (χ2v) is 4.07. The molecule has 0 saturated heterocycles. The molecular weight excluding hydrogens is 190 g/mol. The fourth-order valence-electron chi connectivity index (χ4n) is 1.26. The standard InChI is InChI=1S/C8H9NO3S/c1-12-7-9-4-5(13-7)8(2-3-8)6(10)11/h4H,2-3H2,1H3,(H,10,11). The van der Waals surface area contributed by atoms with E-state index < -0.39 is 11.4 Å². The molecule has 1 N–H and O–H groups in total. The fraction of sp³-hybridized carbons (Fsp3) is 0.500. The van der Waals surface area contributed by atoms with Gasteiger partial charge in [0.1, 0.15) is 5.41 Å². The van der Waals surface area contributed by atoms with Gasteiger partial charge in [-0.15, -0.1) is 0 Å². The van der Waals surface area contributed by atoms with Gasteiger partial charge in [0.05, 0.1) is 7.11 Å². The maximum Gasteiger partial charge on any atom is 0.315 e. The van der Waals surface area contributed by atoms with E-state index in [9.17, 15) is 4.79 Å². The van der Waals surface area contributed by atoms with Crippen LogP contribution in [0.15, 0.2) is 6.20 Å². The zero-order valence-corrected chi connectivity index (χ0v) is 7.93. The number of thiazole rings is 1. The molecule has 13 heavy (non-hydrogen) atoms. The number of carbonyl (C=O) groups is 1. The molecule has 0 aromatic carbocycles. The molecule has 0 atom stereocenters. The van der Waals surface area contributed by atoms with Crippen LogP contribution in [0.2, 0.25) is 0 Å². The summed E-state index contributed by atoms with van der Waals surface area (Å²) in [5.41, 5.74) is -0.644. The second-order valence-electron chi connectivity index (χ2n) is 3.08. The minimum Gasteiger partial charge on any atom is -0.481 e. The molecule has 0 radical (unpaired) electrons. The first-order chi connectivity index (χ1) is 6.19. The molecule has 2 rings (SSSR count). The number of ether oxygens (including phenoxy) is 1. The highest BCUT2D eigenvalue weighted by atomic mass is 32.1. The van der Waals surface area contributed by atoms with E-state index >= 15 is 0 Å². The molecular formula is C8H9NO3S. The van der Waals surface area contributed by atoms with Crippen LogP contribution in [0.1, 0.15) is 17.7 Å². The van der Waals surface area contributed by atoms with E-state index in [1.165, 1.54) is 18.4 Å². The lowest BCUT2D eigenvalue weighted by molar-refractivity contribution is -0.139. The minimum absolute atomic E-state index is 0.530. The second kappa shape index (κ2) is 2.70. The lowest BCUT2D eigenvalue weighted by atomic mass is 10.1. The van der Waals surface area contributed by atoms with E-state index in [0.717, 1.165) is 4.88 Å². The van der Waals surface area contributed by atoms with Crippen LogP contribution in [0, 0.1) is 0 Å². The summed E-state index contributed by atoms with van der Waals surface area (Å²) in [6.45, 7) is 0. The van der Waals surface area contributed by atoms with Gasteiger partial charge in [0.15, 0.2) is 0 Å². The van der Waals surface area contributed by atoms with E-state index in [1.54, 1.807) is 6.20 Å². The quantitative estimate of drug-likeness (QED) is 0.796. The predicted octanol–water partition coefficient (Wildman–Crippen LogP) is 1.27. The summed E-state index contributed by atoms with van der Waals surface area (Å²) in [7, 11) is 1.53. The highest BCUT2D eigenvalue weighted by Crippen LogP contribution is 2.51. The summed E-state index contributed by atoms with van der Waals surface area (Å²) in [5.74, 6) is -0.751. The zero-order valence-electron chi connectivity index (χ0n) is 7.11. The number of aromatic nitrogens is 1. The van der Waals surface area contributed by atoms with Crippen LogP contribution in [-0.2, 0) is 10.2 Å². The molecule has 1 aliphatic rings. The van der Waals surface area contributed by atoms with Crippen LogP contribution < -0.4 is 4.74 Å². The Bertz CT molecular complexity index is 343. The smallest absolute Gasteiger partial charge is 0.315 e. The molecule has 1 aliphatic carbocycles. The third kappa shape index (κ3) is 1.19. The number of carboxylic acids is 1. The van der Waals surface area contributed by atoms with Crippen molar-refractivity contribution in [1.82, 2.24) is 4.98 Å². The summed E-state index contributed by atoms with van der Waals surface area (Å²) in [5, 5.41) is 9.51. The van der Waals surface area contributed by atoms with Crippen molar-refractivity contribution in [3.05, 3.63) is 11.1 Å². The highest BCUT2D eigenvalue weighted by molar-refractivity contribution is 7.13. The third-order valence-electron chi connectivity index (χ3n) is 2.29. The van der Waals surface area contributed by atoms with Crippen molar-refractivity contribution in [2.24, 2.45) is 0 Å². The van der Waals surface area contributed by atoms with Gasteiger partial charge in [-0.3, -0.25) is 4.79 Å². The Morgan fingerprint density at radius 3 is 2.85 bits per heavy atom. The number of methoxy groups -OCH3 is 1. The number of nitrogens with zero attached hydrogens (tertiary/aromatic N) is 1. The molecule has 0 unspecified atom stereocenters. The predicted molar refractivity (Wildman–Crippen MR) is 47.2 cm³/mol. The van der Waals surface area contributed by atoms with Gasteiger partial charge < -0.3 is 9.84 Å². The number of hydrogen-bond donors (Lipinski definition) is 1. The fourth-order valence-corrected chi connectivity index (χ4v) is 2.23. The van der Waals surface area contributed by atoms with Crippen LogP contribution in [0.25, 0.3) is 0 Å². The van der Waals surface area contributed by atoms with Crippen molar-refractivity contribution in [1.29, 1.82) is 0 Å². The van der Waals surface area contributed by atoms with Gasteiger partial charge in [-0.2, -0.15) is 0 Å². The van der Waals surface area contributed by atoms with Crippen molar-refractivity contribution >= 4 is 17.3 Å². The SMILES string of the molecule is COc1ncc(C2(C(=O)O)CC2)s1. The molecule has 0 spiro atoms. The van der Waals surface area contributed by atoms with Gasteiger partial charge in [0.2, 0.25) is 0 Å². The molecule has 1 saturated carbocycles. The first kappa shape index (κ1) is 8.50. The van der Waals surface area contributed by atoms with Crippen LogP contribution >= 0.6 is 11.3 Å². The van der Waals surface area contributed by atoms with Gasteiger partial charge in [0.25, 0.3) is 5.19 Å². The number of aliphatic carboxylic acids is 1. The third-order valence-corrected chi connectivity index (χ3v) is 3.45. The van der Waals surface area contributed by atoms with E-state index in [2.05, 4.69) is 4.98 Å². The Kier molecular flexibility index (Phi) is 1.76. The van der Waals surface area contributed by atoms with E-state index in [-0.39, 0.29) is 0 Å². The molecule has 5 heteroatoms. The topological polar surface area (TPSA) is 59.4 Å². The van der Waals surface area contributed by atoms with E-state index in [0.29, 0.717) is 18.0 Å². The maximum atomic E-state index is 10.9. The average molecular weight is 199 g/mol. The Morgan fingerprint density at radius 1 is 1.77 bits per heavy atom. The molecule has 70 valence electrons. The first-order valence-electron chi connectivity index (χ1n) is 3.93. The normalized spacial score (nSPS) is 18.2. The van der Waals surface area contributed by atoms with Crippen molar-refractivity contribution in [2.75, 3.05) is 7.11 Å². The Balaban J connectivity index is 2.30. The number of hydrogen-bond acceptors (Lipinski definition) is 4. The summed E-state index contributed by atoms with van der Waals surface area (Å²) >= 11 is 1.32. The zero-order chi connectivity index (χ0) is 9.47. The summed E-state index contributed by atoms with van der Waals surface area (Å²) in [4.78, 5) is 15.7. The van der Waals surface area contributed by atoms with Crippen molar-refractivity contribution in [2.45, 2.75) is 18.3 Å². The lowest BCUT2D eigenvalue weighted by Crippen LogP contribution is -2.17. The average Bonchev–Trinajstić information content (AvgIpc) is 2.79. The van der Waals surface area contributed by atoms with Crippen LogP contribution in [0.5, 0.6) is 5.19 Å². The lowest BCUT2D eigenvalue weighted by Gasteiger charge is -2.03. The van der Waals surface area contributed by atoms with Crippen LogP contribution in [-0.4, -0.2) is 23.2 Å². The summed E-state index contributed by atoms with van der Waals surface area (Å²) < 4.78 is 4.91. The molecule has 0 amide bonds. The van der Waals surface area contributed by atoms with Crippen molar-refractivity contribution < 1.29 is 14.6 Å². The van der Waals surface area contributed by atoms with Crippen LogP contribution in [0.3, 0.4) is 0 Å². The molecule has 4 nitrogen and oxygen atoms in total. The first-order valence-corrected chi connectivity index (χ1v) is 4.74. The van der Waals surface area contributed by atoms with Gasteiger partial charge in [-0.25, -0.2) is 4.98 Å². The molecule has 0 bridgehead atoms. The molecule has 1 heterocycles. The van der Waals surface area contributed by atoms with Crippen molar-refractivity contribution in [3.8, 4) is 5.19 Å². The monoisotopic (exact) mass is 199 g/mol. The molecule has 1 aromatic rings. The van der Waals surface area contributed by atoms with Gasteiger partial charge in [-0.1, -0.05) is 11.3 Å². The number of rotatable bonds is 3. The summed E-state index contributed by atoms with van der Waals surface area (Å²) in [6.07, 6.45) is 3.03. The highest BCUT2D eigenvalue weighted by Gasteiger charge is 2.53. The molecule has 1 aromatic heterocycles. The Morgan fingerprint density at radius 2 is 2.46 bits per heavy atom. The summed E-state index contributed by atoms with van der Waals surface area (Å²) in [6, 6.07) is 0. The van der Waals surface area contributed by atoms with Crippen LogP contribution in [0.4, 0.5) is 0 Å². The number of carboxylic acid groups (broad SMARTS) is 1.